The number of hydrogen-bond donors (Lipinski definition) is 0. The summed E-state index contributed by atoms with van der Waals surface area (Å²) in [5.41, 5.74) is 2.20. The maximum absolute atomic E-state index is 14.3. The topological polar surface area (TPSA) is 72.9 Å². The van der Waals surface area contributed by atoms with Gasteiger partial charge in [-0.1, -0.05) is 18.2 Å². The van der Waals surface area contributed by atoms with Gasteiger partial charge in [0.2, 0.25) is 5.91 Å². The highest BCUT2D eigenvalue weighted by atomic mass is 32.1. The first-order chi connectivity index (χ1) is 17.9. The number of thiophene rings is 1. The summed E-state index contributed by atoms with van der Waals surface area (Å²) in [6.45, 7) is 1.87. The molecule has 5 rings (SSSR count). The Labute approximate surface area is 218 Å². The van der Waals surface area contributed by atoms with E-state index in [1.54, 1.807) is 20.1 Å². The molecule has 0 saturated heterocycles. The number of carbonyl (C=O) groups is 3. The molecule has 0 fully saturated rings. The number of ether oxygens (including phenoxy) is 2. The quantitative estimate of drug-likeness (QED) is 0.313. The van der Waals surface area contributed by atoms with Gasteiger partial charge in [0.1, 0.15) is 17.5 Å². The van der Waals surface area contributed by atoms with Crippen LogP contribution in [-0.4, -0.2) is 31.4 Å². The standard InChI is InChI=1S/C29H26FNO5S/c1-3-36-29(34)27-22(24-8-5-13-37-24)15-23-26(28(27)33)21(17-6-4-7-20(14-17)35-2)16-25(32)31(23)19-11-9-18(30)10-12-19/h4-14,21-22,27H,3,15-16H2,1-2H3/t21-,22+,27+/m1/s1. The van der Waals surface area contributed by atoms with E-state index in [4.69, 9.17) is 9.47 Å². The number of halogens is 1. The second kappa shape index (κ2) is 10.3. The van der Waals surface area contributed by atoms with Gasteiger partial charge in [-0.25, -0.2) is 4.39 Å². The van der Waals surface area contributed by atoms with Gasteiger partial charge in [-0.3, -0.25) is 19.3 Å². The van der Waals surface area contributed by atoms with Gasteiger partial charge in [0.05, 0.1) is 13.7 Å². The van der Waals surface area contributed by atoms with E-state index in [0.29, 0.717) is 22.7 Å². The lowest BCUT2D eigenvalue weighted by molar-refractivity contribution is -0.152. The average molecular weight is 520 g/mol. The highest BCUT2D eigenvalue weighted by molar-refractivity contribution is 7.10. The number of methoxy groups -OCH3 is 1. The molecule has 8 heteroatoms. The molecule has 2 aliphatic rings. The molecule has 0 bridgehead atoms. The Kier molecular flexibility index (Phi) is 6.93. The number of amides is 1. The Balaban J connectivity index is 1.71. The number of hydrogen-bond acceptors (Lipinski definition) is 6. The minimum absolute atomic E-state index is 0.0222. The molecule has 2 aromatic carbocycles. The van der Waals surface area contributed by atoms with Crippen LogP contribution in [0.4, 0.5) is 10.1 Å². The van der Waals surface area contributed by atoms with Crippen LogP contribution in [0, 0.1) is 11.7 Å². The van der Waals surface area contributed by atoms with E-state index in [0.717, 1.165) is 10.4 Å². The highest BCUT2D eigenvalue weighted by Gasteiger charge is 2.50. The molecule has 0 radical (unpaired) electrons. The zero-order valence-corrected chi connectivity index (χ0v) is 21.3. The summed E-state index contributed by atoms with van der Waals surface area (Å²) < 4.78 is 24.5. The molecule has 0 unspecified atom stereocenters. The molecule has 37 heavy (non-hydrogen) atoms. The van der Waals surface area contributed by atoms with E-state index in [9.17, 15) is 18.8 Å². The largest absolute Gasteiger partial charge is 0.497 e. The molecule has 2 heterocycles. The summed E-state index contributed by atoms with van der Waals surface area (Å²) in [6.07, 6.45) is 0.309. The van der Waals surface area contributed by atoms with E-state index in [1.165, 1.54) is 40.5 Å². The van der Waals surface area contributed by atoms with Crippen LogP contribution in [0.2, 0.25) is 0 Å². The van der Waals surface area contributed by atoms with Gasteiger partial charge in [-0.2, -0.15) is 0 Å². The molecule has 3 atom stereocenters. The monoisotopic (exact) mass is 519 g/mol. The van der Waals surface area contributed by atoms with Crippen molar-refractivity contribution in [1.82, 2.24) is 0 Å². The predicted molar refractivity (Wildman–Crippen MR) is 138 cm³/mol. The number of benzene rings is 2. The predicted octanol–water partition coefficient (Wildman–Crippen LogP) is 5.61. The Bertz CT molecular complexity index is 1370. The zero-order chi connectivity index (χ0) is 26.1. The number of Topliss-reactive ketones (excluding diaryl/α,β-unsaturated/α-hetero) is 1. The first kappa shape index (κ1) is 24.9. The number of esters is 1. The molecular formula is C29H26FNO5S. The van der Waals surface area contributed by atoms with Gasteiger partial charge < -0.3 is 9.47 Å². The fourth-order valence-corrected chi connectivity index (χ4v) is 6.20. The minimum atomic E-state index is -1.02. The molecule has 190 valence electrons. The first-order valence-electron chi connectivity index (χ1n) is 12.1. The van der Waals surface area contributed by atoms with Gasteiger partial charge in [-0.15, -0.1) is 11.3 Å². The van der Waals surface area contributed by atoms with Crippen LogP contribution in [-0.2, 0) is 19.1 Å². The fourth-order valence-electron chi connectivity index (χ4n) is 5.33. The fraction of sp³-hybridized carbons (Fsp3) is 0.276. The third kappa shape index (κ3) is 4.57. The summed E-state index contributed by atoms with van der Waals surface area (Å²) in [6, 6.07) is 16.7. The summed E-state index contributed by atoms with van der Waals surface area (Å²) in [5.74, 6) is -2.98. The van der Waals surface area contributed by atoms with E-state index >= 15 is 0 Å². The molecule has 3 aromatic rings. The maximum Gasteiger partial charge on any atom is 0.317 e. The number of nitrogens with zero attached hydrogens (tertiary/aromatic N) is 1. The minimum Gasteiger partial charge on any atom is -0.497 e. The molecule has 0 saturated carbocycles. The molecule has 1 aromatic heterocycles. The lowest BCUT2D eigenvalue weighted by atomic mass is 9.69. The van der Waals surface area contributed by atoms with Crippen molar-refractivity contribution in [2.24, 2.45) is 5.92 Å². The zero-order valence-electron chi connectivity index (χ0n) is 20.5. The molecule has 1 aliphatic carbocycles. The number of allylic oxidation sites excluding steroid dienone is 2. The van der Waals surface area contributed by atoms with Crippen molar-refractivity contribution >= 4 is 34.7 Å². The van der Waals surface area contributed by atoms with Gasteiger partial charge >= 0.3 is 5.97 Å². The highest BCUT2D eigenvalue weighted by Crippen LogP contribution is 2.50. The van der Waals surface area contributed by atoms with Crippen molar-refractivity contribution in [2.45, 2.75) is 31.6 Å². The van der Waals surface area contributed by atoms with Crippen LogP contribution in [0.1, 0.15) is 42.0 Å². The number of rotatable bonds is 6. The lowest BCUT2D eigenvalue weighted by Crippen LogP contribution is -2.46. The van der Waals surface area contributed by atoms with Crippen molar-refractivity contribution < 1.29 is 28.2 Å². The van der Waals surface area contributed by atoms with Crippen molar-refractivity contribution in [3.63, 3.8) is 0 Å². The molecular weight excluding hydrogens is 493 g/mol. The summed E-state index contributed by atoms with van der Waals surface area (Å²) >= 11 is 1.46. The van der Waals surface area contributed by atoms with Crippen LogP contribution < -0.4 is 9.64 Å². The van der Waals surface area contributed by atoms with Crippen LogP contribution in [0.5, 0.6) is 5.75 Å². The summed E-state index contributed by atoms with van der Waals surface area (Å²) in [4.78, 5) is 43.5. The van der Waals surface area contributed by atoms with Gasteiger partial charge in [0, 0.05) is 40.1 Å². The van der Waals surface area contributed by atoms with Gasteiger partial charge in [0.15, 0.2) is 5.78 Å². The maximum atomic E-state index is 14.3. The normalized spacial score (nSPS) is 21.6. The average Bonchev–Trinajstić information content (AvgIpc) is 3.44. The van der Waals surface area contributed by atoms with Gasteiger partial charge in [-0.05, 0) is 66.8 Å². The van der Waals surface area contributed by atoms with Crippen LogP contribution >= 0.6 is 11.3 Å². The smallest absolute Gasteiger partial charge is 0.317 e. The lowest BCUT2D eigenvalue weighted by Gasteiger charge is -2.42. The van der Waals surface area contributed by atoms with Crippen molar-refractivity contribution in [3.05, 3.63) is 93.6 Å². The van der Waals surface area contributed by atoms with E-state index < -0.39 is 29.5 Å². The molecule has 1 amide bonds. The SMILES string of the molecule is CCOC(=O)[C@@H]1C(=O)C2=C(C[C@H]1c1cccs1)N(c1ccc(F)cc1)C(=O)C[C@@H]2c1cccc(OC)c1. The van der Waals surface area contributed by atoms with Crippen LogP contribution in [0.3, 0.4) is 0 Å². The summed E-state index contributed by atoms with van der Waals surface area (Å²) in [5, 5.41) is 1.90. The van der Waals surface area contributed by atoms with Crippen LogP contribution in [0.25, 0.3) is 0 Å². The van der Waals surface area contributed by atoms with E-state index in [1.807, 2.05) is 35.7 Å². The Morgan fingerprint density at radius 3 is 2.54 bits per heavy atom. The van der Waals surface area contributed by atoms with Gasteiger partial charge in [0.25, 0.3) is 0 Å². The van der Waals surface area contributed by atoms with E-state index in [-0.39, 0.29) is 31.1 Å². The molecule has 0 spiro atoms. The third-order valence-corrected chi connectivity index (χ3v) is 7.96. The molecule has 0 N–H and O–H groups in total. The number of anilines is 1. The van der Waals surface area contributed by atoms with E-state index in [2.05, 4.69) is 0 Å². The number of ketones is 1. The second-order valence-corrected chi connectivity index (χ2v) is 10.00. The summed E-state index contributed by atoms with van der Waals surface area (Å²) in [7, 11) is 1.56. The third-order valence-electron chi connectivity index (χ3n) is 6.95. The molecule has 6 nitrogen and oxygen atoms in total. The van der Waals surface area contributed by atoms with Crippen molar-refractivity contribution in [2.75, 3.05) is 18.6 Å². The van der Waals surface area contributed by atoms with Crippen molar-refractivity contribution in [3.8, 4) is 5.75 Å². The second-order valence-electron chi connectivity index (χ2n) is 9.02. The Morgan fingerprint density at radius 1 is 1.08 bits per heavy atom. The Morgan fingerprint density at radius 2 is 1.86 bits per heavy atom. The van der Waals surface area contributed by atoms with Crippen molar-refractivity contribution in [1.29, 1.82) is 0 Å². The number of carbonyl (C=O) groups excluding carboxylic acids is 3. The first-order valence-corrected chi connectivity index (χ1v) is 13.0. The Hall–Kier alpha value is -3.78. The van der Waals surface area contributed by atoms with Crippen LogP contribution in [0.15, 0.2) is 77.3 Å². The molecule has 1 aliphatic heterocycles.